The molecule has 3 nitrogen and oxygen atoms in total. The van der Waals surface area contributed by atoms with Gasteiger partial charge in [-0.2, -0.15) is 0 Å². The molecule has 1 aromatic carbocycles. The first-order chi connectivity index (χ1) is 10.1. The van der Waals surface area contributed by atoms with E-state index in [2.05, 4.69) is 24.1 Å². The van der Waals surface area contributed by atoms with Crippen molar-refractivity contribution in [2.75, 3.05) is 6.54 Å². The molecule has 0 aliphatic heterocycles. The molecule has 0 fully saturated rings. The summed E-state index contributed by atoms with van der Waals surface area (Å²) in [5.41, 5.74) is 2.24. The lowest BCUT2D eigenvalue weighted by Gasteiger charge is -2.14. The van der Waals surface area contributed by atoms with Gasteiger partial charge in [0.05, 0.1) is 5.02 Å². The van der Waals surface area contributed by atoms with Gasteiger partial charge in [0, 0.05) is 18.3 Å². The van der Waals surface area contributed by atoms with Crippen molar-refractivity contribution in [3.63, 3.8) is 0 Å². The zero-order valence-corrected chi connectivity index (χ0v) is 13.4. The summed E-state index contributed by atoms with van der Waals surface area (Å²) in [6, 6.07) is 9.87. The molecule has 0 spiro atoms. The van der Waals surface area contributed by atoms with Crippen LogP contribution >= 0.6 is 11.6 Å². The Balaban J connectivity index is 2.07. The van der Waals surface area contributed by atoms with Crippen LogP contribution in [0.4, 0.5) is 0 Å². The number of pyridine rings is 1. The second kappa shape index (κ2) is 7.43. The van der Waals surface area contributed by atoms with E-state index in [0.717, 1.165) is 24.1 Å². The minimum atomic E-state index is 0.286. The number of benzene rings is 1. The molecule has 2 rings (SSSR count). The monoisotopic (exact) mass is 304 g/mol. The van der Waals surface area contributed by atoms with Gasteiger partial charge in [-0.3, -0.25) is 0 Å². The van der Waals surface area contributed by atoms with Crippen LogP contribution in [0.25, 0.3) is 0 Å². The molecule has 0 saturated heterocycles. The maximum absolute atomic E-state index is 6.12. The molecule has 2 aromatic rings. The van der Waals surface area contributed by atoms with Crippen molar-refractivity contribution in [3.05, 3.63) is 52.7 Å². The summed E-state index contributed by atoms with van der Waals surface area (Å²) in [6.07, 6.45) is 2.96. The van der Waals surface area contributed by atoms with Crippen LogP contribution in [0, 0.1) is 6.92 Å². The van der Waals surface area contributed by atoms with Crippen LogP contribution in [0.2, 0.25) is 5.02 Å². The maximum Gasteiger partial charge on any atom is 0.219 e. The zero-order valence-electron chi connectivity index (χ0n) is 12.7. The number of hydrogen-bond acceptors (Lipinski definition) is 3. The van der Waals surface area contributed by atoms with Crippen LogP contribution in [-0.4, -0.2) is 11.5 Å². The first kappa shape index (κ1) is 15.8. The SMILES string of the molecule is CCCNC(C)c1ccc(Oc2cc(C)ccc2Cl)nc1. The molecule has 0 saturated carbocycles. The van der Waals surface area contributed by atoms with Crippen molar-refractivity contribution < 1.29 is 4.74 Å². The van der Waals surface area contributed by atoms with Crippen molar-refractivity contribution in [2.45, 2.75) is 33.2 Å². The summed E-state index contributed by atoms with van der Waals surface area (Å²) in [7, 11) is 0. The number of ether oxygens (including phenoxy) is 1. The Morgan fingerprint density at radius 2 is 2.10 bits per heavy atom. The highest BCUT2D eigenvalue weighted by Gasteiger charge is 2.07. The van der Waals surface area contributed by atoms with E-state index in [1.807, 2.05) is 43.5 Å². The fourth-order valence-corrected chi connectivity index (χ4v) is 2.14. The van der Waals surface area contributed by atoms with E-state index >= 15 is 0 Å². The Hall–Kier alpha value is -1.58. The average Bonchev–Trinajstić information content (AvgIpc) is 2.49. The Morgan fingerprint density at radius 3 is 2.76 bits per heavy atom. The van der Waals surface area contributed by atoms with Crippen molar-refractivity contribution in [1.82, 2.24) is 10.3 Å². The normalized spacial score (nSPS) is 12.2. The van der Waals surface area contributed by atoms with Gasteiger partial charge in [0.15, 0.2) is 0 Å². The third kappa shape index (κ3) is 4.45. The van der Waals surface area contributed by atoms with E-state index in [1.165, 1.54) is 0 Å². The highest BCUT2D eigenvalue weighted by molar-refractivity contribution is 6.32. The van der Waals surface area contributed by atoms with Crippen LogP contribution in [0.5, 0.6) is 11.6 Å². The summed E-state index contributed by atoms with van der Waals surface area (Å²) in [4.78, 5) is 4.35. The Bertz CT molecular complexity index is 584. The summed E-state index contributed by atoms with van der Waals surface area (Å²) in [5, 5.41) is 4.02. The standard InChI is InChI=1S/C17H21ClN2O/c1-4-9-19-13(3)14-6-8-17(20-11-14)21-16-10-12(2)5-7-15(16)18/h5-8,10-11,13,19H,4,9H2,1-3H3. The van der Waals surface area contributed by atoms with Crippen LogP contribution in [0.3, 0.4) is 0 Å². The van der Waals surface area contributed by atoms with Gasteiger partial charge in [-0.1, -0.05) is 30.7 Å². The largest absolute Gasteiger partial charge is 0.437 e. The van der Waals surface area contributed by atoms with E-state index < -0.39 is 0 Å². The fraction of sp³-hybridized carbons (Fsp3) is 0.353. The molecule has 4 heteroatoms. The summed E-state index contributed by atoms with van der Waals surface area (Å²) < 4.78 is 5.74. The van der Waals surface area contributed by atoms with Gasteiger partial charge in [-0.05, 0) is 50.1 Å². The van der Waals surface area contributed by atoms with E-state index in [9.17, 15) is 0 Å². The molecule has 0 radical (unpaired) electrons. The van der Waals surface area contributed by atoms with Crippen LogP contribution < -0.4 is 10.1 Å². The van der Waals surface area contributed by atoms with Gasteiger partial charge in [0.1, 0.15) is 5.75 Å². The second-order valence-corrected chi connectivity index (χ2v) is 5.55. The molecule has 1 N–H and O–H groups in total. The molecule has 1 aromatic heterocycles. The van der Waals surface area contributed by atoms with Crippen molar-refractivity contribution >= 4 is 11.6 Å². The zero-order chi connectivity index (χ0) is 15.2. The molecule has 0 aliphatic carbocycles. The molecule has 1 heterocycles. The van der Waals surface area contributed by atoms with Gasteiger partial charge in [-0.25, -0.2) is 4.98 Å². The number of halogens is 1. The van der Waals surface area contributed by atoms with Crippen LogP contribution in [0.15, 0.2) is 36.5 Å². The third-order valence-corrected chi connectivity index (χ3v) is 3.57. The van der Waals surface area contributed by atoms with E-state index in [4.69, 9.17) is 16.3 Å². The summed E-state index contributed by atoms with van der Waals surface area (Å²) >= 11 is 6.12. The highest BCUT2D eigenvalue weighted by atomic mass is 35.5. The van der Waals surface area contributed by atoms with Gasteiger partial charge in [0.2, 0.25) is 5.88 Å². The molecule has 0 amide bonds. The topological polar surface area (TPSA) is 34.1 Å². The Morgan fingerprint density at radius 1 is 1.29 bits per heavy atom. The van der Waals surface area contributed by atoms with Crippen LogP contribution in [-0.2, 0) is 0 Å². The molecule has 1 atom stereocenters. The van der Waals surface area contributed by atoms with Crippen molar-refractivity contribution in [3.8, 4) is 11.6 Å². The predicted octanol–water partition coefficient (Wildman–Crippen LogP) is 4.90. The molecule has 0 bridgehead atoms. The fourth-order valence-electron chi connectivity index (χ4n) is 1.99. The predicted molar refractivity (Wildman–Crippen MR) is 87.2 cm³/mol. The average molecular weight is 305 g/mol. The molecule has 1 unspecified atom stereocenters. The first-order valence-electron chi connectivity index (χ1n) is 7.23. The van der Waals surface area contributed by atoms with Gasteiger partial charge in [0.25, 0.3) is 0 Å². The summed E-state index contributed by atoms with van der Waals surface area (Å²) in [5.74, 6) is 1.18. The second-order valence-electron chi connectivity index (χ2n) is 5.14. The van der Waals surface area contributed by atoms with Crippen molar-refractivity contribution in [1.29, 1.82) is 0 Å². The molecule has 0 aliphatic rings. The Kier molecular flexibility index (Phi) is 5.59. The van der Waals surface area contributed by atoms with Crippen molar-refractivity contribution in [2.24, 2.45) is 0 Å². The number of hydrogen-bond donors (Lipinski definition) is 1. The Labute approximate surface area is 131 Å². The van der Waals surface area contributed by atoms with Gasteiger partial charge < -0.3 is 10.1 Å². The lowest BCUT2D eigenvalue weighted by molar-refractivity contribution is 0.461. The smallest absolute Gasteiger partial charge is 0.219 e. The summed E-state index contributed by atoms with van der Waals surface area (Å²) in [6.45, 7) is 7.28. The highest BCUT2D eigenvalue weighted by Crippen LogP contribution is 2.29. The molecule has 112 valence electrons. The maximum atomic E-state index is 6.12. The minimum absolute atomic E-state index is 0.286. The lowest BCUT2D eigenvalue weighted by atomic mass is 10.1. The van der Waals surface area contributed by atoms with Gasteiger partial charge in [-0.15, -0.1) is 0 Å². The molecular weight excluding hydrogens is 284 g/mol. The van der Waals surface area contributed by atoms with Gasteiger partial charge >= 0.3 is 0 Å². The molecular formula is C17H21ClN2O. The van der Waals surface area contributed by atoms with Crippen LogP contribution in [0.1, 0.15) is 37.4 Å². The number of rotatable bonds is 6. The number of nitrogens with zero attached hydrogens (tertiary/aromatic N) is 1. The minimum Gasteiger partial charge on any atom is -0.437 e. The third-order valence-electron chi connectivity index (χ3n) is 3.26. The number of nitrogens with one attached hydrogen (secondary N) is 1. The first-order valence-corrected chi connectivity index (χ1v) is 7.61. The van der Waals surface area contributed by atoms with E-state index in [-0.39, 0.29) is 6.04 Å². The number of aromatic nitrogens is 1. The quantitative estimate of drug-likeness (QED) is 0.824. The van der Waals surface area contributed by atoms with E-state index in [0.29, 0.717) is 16.7 Å². The number of aryl methyl sites for hydroxylation is 1. The van der Waals surface area contributed by atoms with E-state index in [1.54, 1.807) is 0 Å². The molecule has 21 heavy (non-hydrogen) atoms. The lowest BCUT2D eigenvalue weighted by Crippen LogP contribution is -2.19.